The third kappa shape index (κ3) is 3.58. The second kappa shape index (κ2) is 7.41. The van der Waals surface area contributed by atoms with Gasteiger partial charge in [0.25, 0.3) is 5.91 Å². The number of ether oxygens (including phenoxy) is 2. The number of carbonyl (C=O) groups excluding carboxylic acids is 1. The van der Waals surface area contributed by atoms with Crippen molar-refractivity contribution in [2.45, 2.75) is 33.7 Å². The van der Waals surface area contributed by atoms with Crippen molar-refractivity contribution in [1.29, 1.82) is 0 Å². The molecule has 0 saturated carbocycles. The van der Waals surface area contributed by atoms with Gasteiger partial charge in [-0.15, -0.1) is 0 Å². The predicted octanol–water partition coefficient (Wildman–Crippen LogP) is 2.63. The van der Waals surface area contributed by atoms with Gasteiger partial charge in [0.15, 0.2) is 0 Å². The number of aryl methyl sites for hydroxylation is 2. The smallest absolute Gasteiger partial charge is 0.253 e. The predicted molar refractivity (Wildman–Crippen MR) is 81.4 cm³/mol. The molecule has 112 valence electrons. The summed E-state index contributed by atoms with van der Waals surface area (Å²) in [5, 5.41) is 0. The topological polar surface area (TPSA) is 38.8 Å². The van der Waals surface area contributed by atoms with Crippen LogP contribution in [0.1, 0.15) is 23.6 Å². The molecular weight excluding hydrogens is 254 g/mol. The van der Waals surface area contributed by atoms with Gasteiger partial charge < -0.3 is 14.4 Å². The van der Waals surface area contributed by atoms with Crippen LogP contribution in [0.2, 0.25) is 0 Å². The minimum Gasteiger partial charge on any atom is -0.383 e. The van der Waals surface area contributed by atoms with Crippen LogP contribution in [0.15, 0.2) is 12.1 Å². The molecule has 0 bridgehead atoms. The molecule has 20 heavy (non-hydrogen) atoms. The minimum absolute atomic E-state index is 0.0400. The Morgan fingerprint density at radius 2 is 1.75 bits per heavy atom. The van der Waals surface area contributed by atoms with E-state index >= 15 is 0 Å². The molecule has 1 unspecified atom stereocenters. The molecule has 1 amide bonds. The molecule has 0 aliphatic heterocycles. The summed E-state index contributed by atoms with van der Waals surface area (Å²) < 4.78 is 10.2. The lowest BCUT2D eigenvalue weighted by atomic mass is 10.0. The van der Waals surface area contributed by atoms with Gasteiger partial charge in [-0.2, -0.15) is 0 Å². The van der Waals surface area contributed by atoms with Gasteiger partial charge in [0.2, 0.25) is 0 Å². The summed E-state index contributed by atoms with van der Waals surface area (Å²) in [6.45, 7) is 8.66. The first kappa shape index (κ1) is 16.7. The van der Waals surface area contributed by atoms with Gasteiger partial charge in [-0.3, -0.25) is 4.79 Å². The number of rotatable bonds is 6. The van der Waals surface area contributed by atoms with Crippen LogP contribution >= 0.6 is 0 Å². The molecular formula is C16H25NO3. The molecule has 0 aliphatic carbocycles. The van der Waals surface area contributed by atoms with Gasteiger partial charge in [0.1, 0.15) is 6.61 Å². The quantitative estimate of drug-likeness (QED) is 0.803. The van der Waals surface area contributed by atoms with Gasteiger partial charge in [-0.25, -0.2) is 0 Å². The van der Waals surface area contributed by atoms with Gasteiger partial charge in [0.05, 0.1) is 18.3 Å². The summed E-state index contributed by atoms with van der Waals surface area (Å²) >= 11 is 0. The Morgan fingerprint density at radius 3 is 2.30 bits per heavy atom. The minimum atomic E-state index is -0.0474. The maximum Gasteiger partial charge on any atom is 0.253 e. The number of hydrogen-bond donors (Lipinski definition) is 0. The molecule has 0 heterocycles. The molecule has 0 fully saturated rings. The van der Waals surface area contributed by atoms with E-state index in [0.717, 1.165) is 16.8 Å². The van der Waals surface area contributed by atoms with Crippen molar-refractivity contribution >= 4 is 11.6 Å². The lowest BCUT2D eigenvalue weighted by Gasteiger charge is -2.32. The van der Waals surface area contributed by atoms with Crippen molar-refractivity contribution in [3.8, 4) is 0 Å². The molecule has 0 saturated heterocycles. The largest absolute Gasteiger partial charge is 0.383 e. The first-order chi connectivity index (χ1) is 9.43. The zero-order valence-corrected chi connectivity index (χ0v) is 13.3. The van der Waals surface area contributed by atoms with E-state index in [1.54, 1.807) is 12.0 Å². The SMILES string of the molecule is COCC(=O)N(c1c(C)ccc(C)c1C)C(C)COC. The second-order valence-electron chi connectivity index (χ2n) is 5.17. The highest BCUT2D eigenvalue weighted by Gasteiger charge is 2.25. The summed E-state index contributed by atoms with van der Waals surface area (Å²) in [4.78, 5) is 14.2. The first-order valence-electron chi connectivity index (χ1n) is 6.80. The lowest BCUT2D eigenvalue weighted by molar-refractivity contribution is -0.122. The summed E-state index contributed by atoms with van der Waals surface area (Å²) in [7, 11) is 3.18. The van der Waals surface area contributed by atoms with Crippen LogP contribution in [-0.4, -0.2) is 39.4 Å². The Kier molecular flexibility index (Phi) is 6.17. The van der Waals surface area contributed by atoms with Crippen LogP contribution in [0, 0.1) is 20.8 Å². The molecule has 4 nitrogen and oxygen atoms in total. The lowest BCUT2D eigenvalue weighted by Crippen LogP contribution is -2.44. The monoisotopic (exact) mass is 279 g/mol. The number of methoxy groups -OCH3 is 2. The van der Waals surface area contributed by atoms with Crippen LogP contribution < -0.4 is 4.90 Å². The molecule has 1 aromatic rings. The number of carbonyl (C=O) groups is 1. The number of benzene rings is 1. The number of hydrogen-bond acceptors (Lipinski definition) is 3. The fourth-order valence-corrected chi connectivity index (χ4v) is 2.41. The average molecular weight is 279 g/mol. The third-order valence-corrected chi connectivity index (χ3v) is 3.53. The normalized spacial score (nSPS) is 12.3. The molecule has 0 N–H and O–H groups in total. The Labute approximate surface area is 121 Å². The van der Waals surface area contributed by atoms with Crippen molar-refractivity contribution in [2.24, 2.45) is 0 Å². The third-order valence-electron chi connectivity index (χ3n) is 3.53. The molecule has 0 aliphatic rings. The highest BCUT2D eigenvalue weighted by molar-refractivity contribution is 5.96. The highest BCUT2D eigenvalue weighted by atomic mass is 16.5. The van der Waals surface area contributed by atoms with E-state index in [1.807, 2.05) is 26.8 Å². The van der Waals surface area contributed by atoms with Gasteiger partial charge in [-0.1, -0.05) is 12.1 Å². The fraction of sp³-hybridized carbons (Fsp3) is 0.562. The van der Waals surface area contributed by atoms with Crippen LogP contribution in [0.5, 0.6) is 0 Å². The van der Waals surface area contributed by atoms with Crippen LogP contribution in [0.3, 0.4) is 0 Å². The van der Waals surface area contributed by atoms with E-state index in [9.17, 15) is 4.79 Å². The van der Waals surface area contributed by atoms with Crippen molar-refractivity contribution in [3.63, 3.8) is 0 Å². The Morgan fingerprint density at radius 1 is 1.15 bits per heavy atom. The zero-order chi connectivity index (χ0) is 15.3. The Balaban J connectivity index is 3.30. The van der Waals surface area contributed by atoms with Crippen molar-refractivity contribution < 1.29 is 14.3 Å². The van der Waals surface area contributed by atoms with E-state index in [4.69, 9.17) is 9.47 Å². The van der Waals surface area contributed by atoms with Crippen molar-refractivity contribution in [3.05, 3.63) is 28.8 Å². The Hall–Kier alpha value is -1.39. The maximum atomic E-state index is 12.4. The van der Waals surface area contributed by atoms with E-state index in [1.165, 1.54) is 12.7 Å². The van der Waals surface area contributed by atoms with Crippen LogP contribution in [-0.2, 0) is 14.3 Å². The first-order valence-corrected chi connectivity index (χ1v) is 6.80. The molecule has 1 aromatic carbocycles. The Bertz CT molecular complexity index is 471. The fourth-order valence-electron chi connectivity index (χ4n) is 2.41. The van der Waals surface area contributed by atoms with E-state index in [2.05, 4.69) is 13.0 Å². The average Bonchev–Trinajstić information content (AvgIpc) is 2.39. The summed E-state index contributed by atoms with van der Waals surface area (Å²) in [6.07, 6.45) is 0. The highest BCUT2D eigenvalue weighted by Crippen LogP contribution is 2.29. The summed E-state index contributed by atoms with van der Waals surface area (Å²) in [6, 6.07) is 4.08. The number of nitrogens with zero attached hydrogens (tertiary/aromatic N) is 1. The number of anilines is 1. The molecule has 4 heteroatoms. The zero-order valence-electron chi connectivity index (χ0n) is 13.3. The molecule has 1 rings (SSSR count). The molecule has 0 spiro atoms. The van der Waals surface area contributed by atoms with Crippen LogP contribution in [0.25, 0.3) is 0 Å². The van der Waals surface area contributed by atoms with E-state index < -0.39 is 0 Å². The van der Waals surface area contributed by atoms with E-state index in [0.29, 0.717) is 6.61 Å². The number of amides is 1. The van der Waals surface area contributed by atoms with Crippen LogP contribution in [0.4, 0.5) is 5.69 Å². The summed E-state index contributed by atoms with van der Waals surface area (Å²) in [5.74, 6) is -0.0474. The van der Waals surface area contributed by atoms with Crippen molar-refractivity contribution in [2.75, 3.05) is 32.3 Å². The van der Waals surface area contributed by atoms with Gasteiger partial charge in [0, 0.05) is 14.2 Å². The summed E-state index contributed by atoms with van der Waals surface area (Å²) in [5.41, 5.74) is 4.35. The molecule has 0 aromatic heterocycles. The maximum absolute atomic E-state index is 12.4. The van der Waals surface area contributed by atoms with Crippen molar-refractivity contribution in [1.82, 2.24) is 0 Å². The van der Waals surface area contributed by atoms with Gasteiger partial charge >= 0.3 is 0 Å². The van der Waals surface area contributed by atoms with Gasteiger partial charge in [-0.05, 0) is 44.4 Å². The molecule has 1 atom stereocenters. The molecule has 0 radical (unpaired) electrons. The standard InChI is InChI=1S/C16H25NO3/c1-11-7-8-12(2)16(14(11)4)17(13(3)9-19-5)15(18)10-20-6/h7-8,13H,9-10H2,1-6H3. The van der Waals surface area contributed by atoms with E-state index in [-0.39, 0.29) is 18.6 Å². The second-order valence-corrected chi connectivity index (χ2v) is 5.17.